The summed E-state index contributed by atoms with van der Waals surface area (Å²) < 4.78 is 0. The summed E-state index contributed by atoms with van der Waals surface area (Å²) in [5.41, 5.74) is 0. The first-order valence-corrected chi connectivity index (χ1v) is 8.65. The van der Waals surface area contributed by atoms with Crippen molar-refractivity contribution >= 4 is 27.4 Å². The van der Waals surface area contributed by atoms with Gasteiger partial charge in [-0.3, -0.25) is 0 Å². The van der Waals surface area contributed by atoms with Crippen LogP contribution in [0.2, 0.25) is 0 Å². The van der Waals surface area contributed by atoms with Crippen molar-refractivity contribution in [1.29, 1.82) is 0 Å². The molecule has 1 unspecified atom stereocenters. The normalized spacial score (nSPS) is 19.0. The van der Waals surface area contributed by atoms with Crippen molar-refractivity contribution in [2.75, 3.05) is 24.5 Å². The van der Waals surface area contributed by atoms with Crippen LogP contribution in [0.15, 0.2) is 12.4 Å². The van der Waals surface area contributed by atoms with Gasteiger partial charge in [-0.15, -0.1) is 11.3 Å². The second-order valence-corrected chi connectivity index (χ2v) is 7.55. The van der Waals surface area contributed by atoms with Crippen molar-refractivity contribution in [2.45, 2.75) is 39.7 Å². The predicted octanol–water partition coefficient (Wildman–Crippen LogP) is 3.21. The van der Waals surface area contributed by atoms with E-state index >= 15 is 0 Å². The summed E-state index contributed by atoms with van der Waals surface area (Å²) >= 11 is 1.75. The highest BCUT2D eigenvalue weighted by Crippen LogP contribution is 2.33. The fourth-order valence-electron chi connectivity index (χ4n) is 3.06. The summed E-state index contributed by atoms with van der Waals surface area (Å²) in [5.74, 6) is 1.82. The zero-order chi connectivity index (χ0) is 14.8. The SMILES string of the molecule is Cc1cc2c(N3CCCC3CNCC(C)C)ncnc2s1. The third-order valence-corrected chi connectivity index (χ3v) is 4.97. The van der Waals surface area contributed by atoms with Crippen LogP contribution in [-0.2, 0) is 0 Å². The highest BCUT2D eigenvalue weighted by Gasteiger charge is 2.27. The van der Waals surface area contributed by atoms with Crippen molar-refractivity contribution in [2.24, 2.45) is 5.92 Å². The van der Waals surface area contributed by atoms with E-state index in [-0.39, 0.29) is 0 Å². The lowest BCUT2D eigenvalue weighted by molar-refractivity contribution is 0.511. The second kappa shape index (κ2) is 6.28. The first-order chi connectivity index (χ1) is 10.1. The third-order valence-electron chi connectivity index (χ3n) is 4.01. The average molecular weight is 304 g/mol. The summed E-state index contributed by atoms with van der Waals surface area (Å²) in [4.78, 5) is 13.9. The van der Waals surface area contributed by atoms with Crippen molar-refractivity contribution in [3.05, 3.63) is 17.3 Å². The molecule has 1 N–H and O–H groups in total. The van der Waals surface area contributed by atoms with E-state index in [0.29, 0.717) is 12.0 Å². The van der Waals surface area contributed by atoms with Crippen LogP contribution >= 0.6 is 11.3 Å². The molecule has 0 spiro atoms. The minimum atomic E-state index is 0.557. The smallest absolute Gasteiger partial charge is 0.141 e. The van der Waals surface area contributed by atoms with Crippen molar-refractivity contribution in [1.82, 2.24) is 15.3 Å². The van der Waals surface area contributed by atoms with Crippen LogP contribution in [0.4, 0.5) is 5.82 Å². The van der Waals surface area contributed by atoms with Crippen LogP contribution in [-0.4, -0.2) is 35.6 Å². The molecule has 3 rings (SSSR count). The first kappa shape index (κ1) is 14.7. The molecule has 0 bridgehead atoms. The zero-order valence-electron chi connectivity index (χ0n) is 13.1. The Kier molecular flexibility index (Phi) is 4.40. The first-order valence-electron chi connectivity index (χ1n) is 7.83. The fraction of sp³-hybridized carbons (Fsp3) is 0.625. The Morgan fingerprint density at radius 3 is 3.10 bits per heavy atom. The zero-order valence-corrected chi connectivity index (χ0v) is 13.9. The molecule has 0 amide bonds. The van der Waals surface area contributed by atoms with E-state index in [9.17, 15) is 0 Å². The summed E-state index contributed by atoms with van der Waals surface area (Å²) in [5, 5.41) is 4.82. The van der Waals surface area contributed by atoms with E-state index in [1.54, 1.807) is 17.7 Å². The van der Waals surface area contributed by atoms with Gasteiger partial charge in [0.1, 0.15) is 17.0 Å². The Bertz CT molecular complexity index is 607. The highest BCUT2D eigenvalue weighted by atomic mass is 32.1. The molecule has 2 aromatic heterocycles. The van der Waals surface area contributed by atoms with Crippen LogP contribution in [0.25, 0.3) is 10.2 Å². The van der Waals surface area contributed by atoms with Gasteiger partial charge in [0.05, 0.1) is 5.39 Å². The molecule has 1 aliphatic heterocycles. The molecule has 21 heavy (non-hydrogen) atoms. The molecule has 2 aromatic rings. The molecule has 0 aliphatic carbocycles. The molecule has 1 saturated heterocycles. The molecular weight excluding hydrogens is 280 g/mol. The Morgan fingerprint density at radius 2 is 2.29 bits per heavy atom. The van der Waals surface area contributed by atoms with Gasteiger partial charge in [0.2, 0.25) is 0 Å². The number of hydrogen-bond acceptors (Lipinski definition) is 5. The minimum Gasteiger partial charge on any atom is -0.352 e. The molecule has 1 fully saturated rings. The van der Waals surface area contributed by atoms with Crippen LogP contribution in [0.3, 0.4) is 0 Å². The molecule has 0 aromatic carbocycles. The van der Waals surface area contributed by atoms with Crippen molar-refractivity contribution < 1.29 is 0 Å². The lowest BCUT2D eigenvalue weighted by atomic mass is 10.2. The molecular formula is C16H24N4S. The Hall–Kier alpha value is -1.20. The molecule has 5 heteroatoms. The molecule has 1 aliphatic rings. The maximum Gasteiger partial charge on any atom is 0.141 e. The van der Waals surface area contributed by atoms with Gasteiger partial charge in [0, 0.05) is 24.0 Å². The number of nitrogens with one attached hydrogen (secondary N) is 1. The molecule has 3 heterocycles. The molecule has 4 nitrogen and oxygen atoms in total. The predicted molar refractivity (Wildman–Crippen MR) is 90.2 cm³/mol. The van der Waals surface area contributed by atoms with Gasteiger partial charge in [-0.25, -0.2) is 9.97 Å². The van der Waals surface area contributed by atoms with E-state index < -0.39 is 0 Å². The van der Waals surface area contributed by atoms with E-state index in [0.717, 1.165) is 30.3 Å². The quantitative estimate of drug-likeness (QED) is 0.921. The van der Waals surface area contributed by atoms with Gasteiger partial charge in [0.15, 0.2) is 0 Å². The molecule has 0 radical (unpaired) electrons. The maximum atomic E-state index is 4.59. The van der Waals surface area contributed by atoms with Crippen LogP contribution in [0.1, 0.15) is 31.6 Å². The summed E-state index contributed by atoms with van der Waals surface area (Å²) in [6.45, 7) is 9.88. The number of thiophene rings is 1. The lowest BCUT2D eigenvalue weighted by Gasteiger charge is -2.26. The molecule has 1 atom stereocenters. The topological polar surface area (TPSA) is 41.0 Å². The van der Waals surface area contributed by atoms with E-state index in [4.69, 9.17) is 0 Å². The van der Waals surface area contributed by atoms with E-state index in [1.807, 2.05) is 0 Å². The Labute approximate surface area is 130 Å². The Morgan fingerprint density at radius 1 is 1.43 bits per heavy atom. The van der Waals surface area contributed by atoms with Crippen LogP contribution in [0, 0.1) is 12.8 Å². The van der Waals surface area contributed by atoms with Gasteiger partial charge in [-0.1, -0.05) is 13.8 Å². The van der Waals surface area contributed by atoms with Gasteiger partial charge in [-0.05, 0) is 38.3 Å². The fourth-order valence-corrected chi connectivity index (χ4v) is 3.90. The number of aryl methyl sites for hydroxylation is 1. The van der Waals surface area contributed by atoms with Crippen molar-refractivity contribution in [3.63, 3.8) is 0 Å². The van der Waals surface area contributed by atoms with Gasteiger partial charge >= 0.3 is 0 Å². The largest absolute Gasteiger partial charge is 0.352 e. The van der Waals surface area contributed by atoms with Crippen LogP contribution < -0.4 is 10.2 Å². The highest BCUT2D eigenvalue weighted by molar-refractivity contribution is 7.18. The van der Waals surface area contributed by atoms with Gasteiger partial charge in [-0.2, -0.15) is 0 Å². The van der Waals surface area contributed by atoms with E-state index in [2.05, 4.69) is 47.0 Å². The summed E-state index contributed by atoms with van der Waals surface area (Å²) in [6, 6.07) is 2.79. The minimum absolute atomic E-state index is 0.557. The monoisotopic (exact) mass is 304 g/mol. The molecule has 0 saturated carbocycles. The number of fused-ring (bicyclic) bond motifs is 1. The number of aromatic nitrogens is 2. The van der Waals surface area contributed by atoms with E-state index in [1.165, 1.54) is 23.1 Å². The maximum absolute atomic E-state index is 4.59. The summed E-state index contributed by atoms with van der Waals surface area (Å²) in [7, 11) is 0. The number of hydrogen-bond donors (Lipinski definition) is 1. The number of rotatable bonds is 5. The van der Waals surface area contributed by atoms with Crippen LogP contribution in [0.5, 0.6) is 0 Å². The average Bonchev–Trinajstić information content (AvgIpc) is 3.03. The van der Waals surface area contributed by atoms with Crippen molar-refractivity contribution in [3.8, 4) is 0 Å². The standard InChI is InChI=1S/C16H24N4S/c1-11(2)8-17-9-13-5-4-6-20(13)15-14-7-12(3)21-16(14)19-10-18-15/h7,10-11,13,17H,4-6,8-9H2,1-3H3. The molecule has 114 valence electrons. The number of nitrogens with zero attached hydrogens (tertiary/aromatic N) is 3. The van der Waals surface area contributed by atoms with Gasteiger partial charge in [0.25, 0.3) is 0 Å². The summed E-state index contributed by atoms with van der Waals surface area (Å²) in [6.07, 6.45) is 4.22. The third kappa shape index (κ3) is 3.19. The number of anilines is 1. The second-order valence-electron chi connectivity index (χ2n) is 6.31. The van der Waals surface area contributed by atoms with Gasteiger partial charge < -0.3 is 10.2 Å². The Balaban J connectivity index is 1.80. The lowest BCUT2D eigenvalue weighted by Crippen LogP contribution is -2.39.